The third-order valence-corrected chi connectivity index (χ3v) is 6.18. The molecule has 1 aliphatic rings. The molecular formula is C12H25NO3S. The van der Waals surface area contributed by atoms with Crippen LogP contribution in [-0.2, 0) is 10.0 Å². The largest absolute Gasteiger partial charge is 0.389 e. The molecule has 1 N–H and O–H groups in total. The summed E-state index contributed by atoms with van der Waals surface area (Å²) in [6.07, 6.45) is 1.03. The van der Waals surface area contributed by atoms with Gasteiger partial charge < -0.3 is 5.11 Å². The molecule has 0 amide bonds. The molecule has 102 valence electrons. The maximum Gasteiger partial charge on any atom is 0.216 e. The Morgan fingerprint density at radius 3 is 1.88 bits per heavy atom. The summed E-state index contributed by atoms with van der Waals surface area (Å²) in [6.45, 7) is 10.2. The van der Waals surface area contributed by atoms with Crippen LogP contribution in [0.15, 0.2) is 0 Å². The van der Waals surface area contributed by atoms with Gasteiger partial charge in [0.05, 0.1) is 10.9 Å². The Kier molecular flexibility index (Phi) is 3.97. The lowest BCUT2D eigenvalue weighted by molar-refractivity contribution is -0.0893. The SMILES string of the molecule is CC(C)S(=O)(=O)N1CCC(O)(C(C)(C)C)CC1. The van der Waals surface area contributed by atoms with Crippen LogP contribution in [-0.4, -0.2) is 41.8 Å². The van der Waals surface area contributed by atoms with Crippen LogP contribution in [0.2, 0.25) is 0 Å². The Hall–Kier alpha value is -0.130. The predicted octanol–water partition coefficient (Wildman–Crippen LogP) is 1.60. The Morgan fingerprint density at radius 1 is 1.18 bits per heavy atom. The van der Waals surface area contributed by atoms with Gasteiger partial charge in [0.2, 0.25) is 10.0 Å². The van der Waals surface area contributed by atoms with Crippen molar-refractivity contribution in [1.82, 2.24) is 4.31 Å². The second kappa shape index (κ2) is 4.52. The summed E-state index contributed by atoms with van der Waals surface area (Å²) in [4.78, 5) is 0. The van der Waals surface area contributed by atoms with Crippen LogP contribution in [0.1, 0.15) is 47.5 Å². The van der Waals surface area contributed by atoms with E-state index in [4.69, 9.17) is 0 Å². The zero-order chi connectivity index (χ0) is 13.5. The lowest BCUT2D eigenvalue weighted by atomic mass is 9.71. The first kappa shape index (κ1) is 14.9. The van der Waals surface area contributed by atoms with E-state index in [0.29, 0.717) is 25.9 Å². The van der Waals surface area contributed by atoms with Crippen LogP contribution in [0.5, 0.6) is 0 Å². The number of sulfonamides is 1. The molecule has 0 unspecified atom stereocenters. The summed E-state index contributed by atoms with van der Waals surface area (Å²) in [5, 5.41) is 10.1. The quantitative estimate of drug-likeness (QED) is 0.823. The van der Waals surface area contributed by atoms with Crippen molar-refractivity contribution in [2.75, 3.05) is 13.1 Å². The highest BCUT2D eigenvalue weighted by Crippen LogP contribution is 2.39. The third-order valence-electron chi connectivity index (χ3n) is 3.90. The van der Waals surface area contributed by atoms with Crippen molar-refractivity contribution in [2.24, 2.45) is 5.41 Å². The predicted molar refractivity (Wildman–Crippen MR) is 69.3 cm³/mol. The minimum Gasteiger partial charge on any atom is -0.389 e. The molecule has 0 aromatic rings. The van der Waals surface area contributed by atoms with Crippen LogP contribution < -0.4 is 0 Å². The molecule has 1 rings (SSSR count). The van der Waals surface area contributed by atoms with Crippen LogP contribution in [0.3, 0.4) is 0 Å². The lowest BCUT2D eigenvalue weighted by Crippen LogP contribution is -2.53. The summed E-state index contributed by atoms with van der Waals surface area (Å²) in [5.74, 6) is 0. The molecule has 4 nitrogen and oxygen atoms in total. The Labute approximate surface area is 105 Å². The molecule has 1 saturated heterocycles. The molecule has 17 heavy (non-hydrogen) atoms. The second-order valence-corrected chi connectivity index (χ2v) is 8.76. The molecule has 0 aromatic heterocycles. The molecule has 0 atom stereocenters. The number of nitrogens with zero attached hydrogens (tertiary/aromatic N) is 1. The van der Waals surface area contributed by atoms with Crippen LogP contribution in [0, 0.1) is 5.41 Å². The van der Waals surface area contributed by atoms with Crippen molar-refractivity contribution in [3.05, 3.63) is 0 Å². The van der Waals surface area contributed by atoms with E-state index in [-0.39, 0.29) is 10.7 Å². The zero-order valence-electron chi connectivity index (χ0n) is 11.5. The Bertz CT molecular complexity index is 360. The number of aliphatic hydroxyl groups is 1. The smallest absolute Gasteiger partial charge is 0.216 e. The number of hydrogen-bond acceptors (Lipinski definition) is 3. The first-order chi connectivity index (χ1) is 7.51. The minimum absolute atomic E-state index is 0.208. The van der Waals surface area contributed by atoms with Crippen molar-refractivity contribution in [2.45, 2.75) is 58.3 Å². The molecule has 1 fully saturated rings. The van der Waals surface area contributed by atoms with Gasteiger partial charge in [-0.15, -0.1) is 0 Å². The van der Waals surface area contributed by atoms with Crippen molar-refractivity contribution >= 4 is 10.0 Å². The van der Waals surface area contributed by atoms with Crippen LogP contribution >= 0.6 is 0 Å². The molecular weight excluding hydrogens is 238 g/mol. The topological polar surface area (TPSA) is 57.6 Å². The monoisotopic (exact) mass is 263 g/mol. The second-order valence-electron chi connectivity index (χ2n) is 6.27. The van der Waals surface area contributed by atoms with Gasteiger partial charge in [0.15, 0.2) is 0 Å². The summed E-state index contributed by atoms with van der Waals surface area (Å²) in [5.41, 5.74) is -0.962. The van der Waals surface area contributed by atoms with E-state index in [2.05, 4.69) is 0 Å². The van der Waals surface area contributed by atoms with Gasteiger partial charge in [-0.2, -0.15) is 0 Å². The average Bonchev–Trinajstić information content (AvgIpc) is 2.16. The van der Waals surface area contributed by atoms with Crippen LogP contribution in [0.4, 0.5) is 0 Å². The molecule has 0 spiro atoms. The standard InChI is InChI=1S/C12H25NO3S/c1-10(2)17(15,16)13-8-6-12(14,7-9-13)11(3,4)5/h10,14H,6-9H2,1-5H3. The molecule has 5 heteroatoms. The number of piperidine rings is 1. The average molecular weight is 263 g/mol. The molecule has 1 aliphatic heterocycles. The van der Waals surface area contributed by atoms with Gasteiger partial charge in [-0.05, 0) is 32.1 Å². The van der Waals surface area contributed by atoms with Crippen molar-refractivity contribution in [3.63, 3.8) is 0 Å². The normalized spacial score (nSPS) is 23.0. The summed E-state index contributed by atoms with van der Waals surface area (Å²) in [6, 6.07) is 0. The molecule has 1 heterocycles. The van der Waals surface area contributed by atoms with Crippen molar-refractivity contribution in [3.8, 4) is 0 Å². The van der Waals surface area contributed by atoms with Gasteiger partial charge in [-0.3, -0.25) is 0 Å². The summed E-state index contributed by atoms with van der Waals surface area (Å²) >= 11 is 0. The number of rotatable bonds is 2. The van der Waals surface area contributed by atoms with Gasteiger partial charge in [0, 0.05) is 13.1 Å². The van der Waals surface area contributed by atoms with Crippen molar-refractivity contribution in [1.29, 1.82) is 0 Å². The minimum atomic E-state index is -3.17. The molecule has 0 radical (unpaired) electrons. The van der Waals surface area contributed by atoms with E-state index in [1.807, 2.05) is 20.8 Å². The highest BCUT2D eigenvalue weighted by atomic mass is 32.2. The van der Waals surface area contributed by atoms with E-state index in [1.165, 1.54) is 4.31 Å². The first-order valence-corrected chi connectivity index (χ1v) is 7.72. The molecule has 0 bridgehead atoms. The fraction of sp³-hybridized carbons (Fsp3) is 1.00. The van der Waals surface area contributed by atoms with E-state index in [1.54, 1.807) is 13.8 Å². The van der Waals surface area contributed by atoms with Crippen LogP contribution in [0.25, 0.3) is 0 Å². The maximum atomic E-state index is 12.0. The summed E-state index contributed by atoms with van der Waals surface area (Å²) in [7, 11) is -3.17. The maximum absolute atomic E-state index is 12.0. The Balaban J connectivity index is 2.77. The molecule has 0 aromatic carbocycles. The Morgan fingerprint density at radius 2 is 1.59 bits per heavy atom. The fourth-order valence-electron chi connectivity index (χ4n) is 2.16. The lowest BCUT2D eigenvalue weighted by Gasteiger charge is -2.46. The highest BCUT2D eigenvalue weighted by molar-refractivity contribution is 7.89. The van der Waals surface area contributed by atoms with E-state index in [9.17, 15) is 13.5 Å². The number of hydrogen-bond donors (Lipinski definition) is 1. The van der Waals surface area contributed by atoms with Gasteiger partial charge in [0.1, 0.15) is 0 Å². The van der Waals surface area contributed by atoms with Crippen molar-refractivity contribution < 1.29 is 13.5 Å². The van der Waals surface area contributed by atoms with Gasteiger partial charge in [-0.25, -0.2) is 12.7 Å². The van der Waals surface area contributed by atoms with E-state index >= 15 is 0 Å². The first-order valence-electron chi connectivity index (χ1n) is 6.22. The van der Waals surface area contributed by atoms with E-state index < -0.39 is 15.6 Å². The fourth-order valence-corrected chi connectivity index (χ4v) is 3.45. The highest BCUT2D eigenvalue weighted by Gasteiger charge is 2.44. The summed E-state index contributed by atoms with van der Waals surface area (Å²) < 4.78 is 25.5. The van der Waals surface area contributed by atoms with Gasteiger partial charge in [-0.1, -0.05) is 20.8 Å². The third kappa shape index (κ3) is 2.83. The van der Waals surface area contributed by atoms with E-state index in [0.717, 1.165) is 0 Å². The molecule has 0 aliphatic carbocycles. The zero-order valence-corrected chi connectivity index (χ0v) is 12.3. The molecule has 0 saturated carbocycles. The van der Waals surface area contributed by atoms with Gasteiger partial charge >= 0.3 is 0 Å². The van der Waals surface area contributed by atoms with Gasteiger partial charge in [0.25, 0.3) is 0 Å².